The summed E-state index contributed by atoms with van der Waals surface area (Å²) in [5, 5.41) is 2.86. The van der Waals surface area contributed by atoms with Crippen LogP contribution >= 0.6 is 27.3 Å². The van der Waals surface area contributed by atoms with Crippen LogP contribution < -0.4 is 10.3 Å². The Morgan fingerprint density at radius 1 is 1.25 bits per heavy atom. The number of hydrogen-bond acceptors (Lipinski definition) is 3. The molecule has 3 rings (SSSR count). The molecule has 0 unspecified atom stereocenters. The van der Waals surface area contributed by atoms with Crippen molar-refractivity contribution in [1.82, 2.24) is 0 Å². The molecular weight excluding hydrogens is 334 g/mol. The number of fused-ring (bicyclic) bond motifs is 1. The molecule has 106 valence electrons. The van der Waals surface area contributed by atoms with Gasteiger partial charge in [-0.05, 0) is 51.3 Å². The monoisotopic (exact) mass is 351 g/mol. The van der Waals surface area contributed by atoms with Gasteiger partial charge in [0.15, 0.2) is 0 Å². The Bertz CT molecular complexity index is 686. The van der Waals surface area contributed by atoms with Gasteiger partial charge in [-0.25, -0.2) is 0 Å². The van der Waals surface area contributed by atoms with E-state index in [4.69, 9.17) is 0 Å². The fourth-order valence-corrected chi connectivity index (χ4v) is 4.42. The summed E-state index contributed by atoms with van der Waals surface area (Å²) in [6, 6.07) is 6.84. The van der Waals surface area contributed by atoms with Crippen molar-refractivity contribution in [3.05, 3.63) is 38.3 Å². The molecule has 2 nitrogen and oxygen atoms in total. The van der Waals surface area contributed by atoms with E-state index in [1.165, 1.54) is 19.3 Å². The van der Waals surface area contributed by atoms with E-state index in [0.29, 0.717) is 12.1 Å². The van der Waals surface area contributed by atoms with Crippen LogP contribution in [0.15, 0.2) is 32.8 Å². The van der Waals surface area contributed by atoms with Gasteiger partial charge in [0.05, 0.1) is 5.69 Å². The molecule has 1 aliphatic rings. The van der Waals surface area contributed by atoms with Crippen LogP contribution in [0.25, 0.3) is 10.1 Å². The van der Waals surface area contributed by atoms with Gasteiger partial charge in [-0.1, -0.05) is 15.9 Å². The second kappa shape index (κ2) is 5.49. The van der Waals surface area contributed by atoms with Gasteiger partial charge < -0.3 is 4.90 Å². The van der Waals surface area contributed by atoms with E-state index >= 15 is 0 Å². The maximum Gasteiger partial charge on any atom is 0.211 e. The van der Waals surface area contributed by atoms with Gasteiger partial charge >= 0.3 is 0 Å². The molecule has 0 spiro atoms. The summed E-state index contributed by atoms with van der Waals surface area (Å²) in [5.41, 5.74) is 1.04. The maximum absolute atomic E-state index is 12.8. The average molecular weight is 352 g/mol. The molecule has 1 fully saturated rings. The molecule has 1 aromatic carbocycles. The van der Waals surface area contributed by atoms with Gasteiger partial charge in [-0.15, -0.1) is 11.3 Å². The average Bonchev–Trinajstić information content (AvgIpc) is 2.41. The van der Waals surface area contributed by atoms with Crippen molar-refractivity contribution in [2.75, 3.05) is 4.90 Å². The summed E-state index contributed by atoms with van der Waals surface area (Å²) in [6.45, 7) is 4.45. The minimum atomic E-state index is 0.167. The number of anilines is 1. The van der Waals surface area contributed by atoms with Gasteiger partial charge in [0, 0.05) is 32.0 Å². The molecule has 0 amide bonds. The molecule has 1 aliphatic heterocycles. The highest BCUT2D eigenvalue weighted by Gasteiger charge is 2.27. The lowest BCUT2D eigenvalue weighted by molar-refractivity contribution is 0.414. The standard InChI is InChI=1S/C16H18BrNOS/c1-10-4-3-5-11(2)18(10)14-9-20-15-7-6-12(17)8-13(15)16(14)19/h6-11H,3-5H2,1-2H3/t10-,11-/m0/s1. The first-order valence-corrected chi connectivity index (χ1v) is 8.74. The molecule has 20 heavy (non-hydrogen) atoms. The molecule has 0 N–H and O–H groups in total. The fraction of sp³-hybridized carbons (Fsp3) is 0.438. The number of benzene rings is 1. The number of hydrogen-bond donors (Lipinski definition) is 0. The topological polar surface area (TPSA) is 20.3 Å². The van der Waals surface area contributed by atoms with E-state index in [1.807, 2.05) is 23.6 Å². The maximum atomic E-state index is 12.8. The van der Waals surface area contributed by atoms with Gasteiger partial charge in [0.25, 0.3) is 0 Å². The third-order valence-electron chi connectivity index (χ3n) is 4.19. The normalized spacial score (nSPS) is 23.2. The van der Waals surface area contributed by atoms with Crippen molar-refractivity contribution in [2.24, 2.45) is 0 Å². The molecule has 4 heteroatoms. The van der Waals surface area contributed by atoms with Gasteiger partial charge in [0.2, 0.25) is 5.43 Å². The summed E-state index contributed by atoms with van der Waals surface area (Å²) in [5.74, 6) is 0. The quantitative estimate of drug-likeness (QED) is 0.735. The van der Waals surface area contributed by atoms with Crippen molar-refractivity contribution >= 4 is 43.0 Å². The zero-order chi connectivity index (χ0) is 14.3. The Kier molecular flexibility index (Phi) is 3.87. The third kappa shape index (κ3) is 2.40. The first kappa shape index (κ1) is 14.1. The van der Waals surface area contributed by atoms with Crippen LogP contribution in [0.4, 0.5) is 5.69 Å². The first-order valence-electron chi connectivity index (χ1n) is 7.07. The lowest BCUT2D eigenvalue weighted by atomic mass is 9.97. The zero-order valence-corrected chi connectivity index (χ0v) is 14.1. The third-order valence-corrected chi connectivity index (χ3v) is 5.63. The van der Waals surface area contributed by atoms with Crippen molar-refractivity contribution in [3.8, 4) is 0 Å². The van der Waals surface area contributed by atoms with Crippen molar-refractivity contribution in [2.45, 2.75) is 45.2 Å². The van der Waals surface area contributed by atoms with E-state index < -0.39 is 0 Å². The Labute approximate surface area is 131 Å². The smallest absolute Gasteiger partial charge is 0.211 e. The lowest BCUT2D eigenvalue weighted by Gasteiger charge is -2.40. The van der Waals surface area contributed by atoms with E-state index in [9.17, 15) is 4.79 Å². The summed E-state index contributed by atoms with van der Waals surface area (Å²) in [6.07, 6.45) is 3.60. The second-order valence-electron chi connectivity index (χ2n) is 5.63. The van der Waals surface area contributed by atoms with Gasteiger partial charge in [-0.3, -0.25) is 4.79 Å². The second-order valence-corrected chi connectivity index (χ2v) is 7.45. The molecule has 2 heterocycles. The predicted molar refractivity (Wildman–Crippen MR) is 91.0 cm³/mol. The predicted octanol–water partition coefficient (Wildman–Crippen LogP) is 4.79. The van der Waals surface area contributed by atoms with Crippen LogP contribution in [0.2, 0.25) is 0 Å². The summed E-state index contributed by atoms with van der Waals surface area (Å²) in [7, 11) is 0. The van der Waals surface area contributed by atoms with Crippen molar-refractivity contribution in [3.63, 3.8) is 0 Å². The molecule has 2 aromatic rings. The van der Waals surface area contributed by atoms with Gasteiger partial charge in [-0.2, -0.15) is 0 Å². The van der Waals surface area contributed by atoms with E-state index in [2.05, 4.69) is 34.7 Å². The van der Waals surface area contributed by atoms with Gasteiger partial charge in [0.1, 0.15) is 0 Å². The summed E-state index contributed by atoms with van der Waals surface area (Å²) in [4.78, 5) is 15.1. The molecule has 1 aromatic heterocycles. The Morgan fingerprint density at radius 3 is 2.65 bits per heavy atom. The zero-order valence-electron chi connectivity index (χ0n) is 11.7. The van der Waals surface area contributed by atoms with Crippen molar-refractivity contribution < 1.29 is 0 Å². The molecule has 0 radical (unpaired) electrons. The molecule has 0 saturated carbocycles. The minimum Gasteiger partial charge on any atom is -0.362 e. The fourth-order valence-electron chi connectivity index (χ4n) is 3.17. The SMILES string of the molecule is C[C@H]1CCC[C@H](C)N1c1csc2ccc(Br)cc2c1=O. The molecular formula is C16H18BrNOS. The molecule has 0 bridgehead atoms. The van der Waals surface area contributed by atoms with Crippen LogP contribution in [0, 0.1) is 0 Å². The largest absolute Gasteiger partial charge is 0.362 e. The Hall–Kier alpha value is -0.870. The summed E-state index contributed by atoms with van der Waals surface area (Å²) >= 11 is 5.12. The lowest BCUT2D eigenvalue weighted by Crippen LogP contribution is -2.45. The first-order chi connectivity index (χ1) is 9.58. The summed E-state index contributed by atoms with van der Waals surface area (Å²) < 4.78 is 2.02. The highest BCUT2D eigenvalue weighted by Crippen LogP contribution is 2.30. The number of nitrogens with zero attached hydrogens (tertiary/aromatic N) is 1. The van der Waals surface area contributed by atoms with E-state index in [0.717, 1.165) is 20.2 Å². The van der Waals surface area contributed by atoms with E-state index in [1.54, 1.807) is 11.3 Å². The van der Waals surface area contributed by atoms with Crippen LogP contribution in [-0.4, -0.2) is 12.1 Å². The van der Waals surface area contributed by atoms with Crippen molar-refractivity contribution in [1.29, 1.82) is 0 Å². The minimum absolute atomic E-state index is 0.167. The Balaban J connectivity index is 2.16. The van der Waals surface area contributed by atoms with Crippen LogP contribution in [0.3, 0.4) is 0 Å². The highest BCUT2D eigenvalue weighted by atomic mass is 79.9. The number of piperidine rings is 1. The number of halogens is 1. The van der Waals surface area contributed by atoms with Crippen LogP contribution in [0.5, 0.6) is 0 Å². The molecule has 0 aliphatic carbocycles. The molecule has 2 atom stereocenters. The van der Waals surface area contributed by atoms with Crippen LogP contribution in [-0.2, 0) is 0 Å². The Morgan fingerprint density at radius 2 is 1.95 bits per heavy atom. The van der Waals surface area contributed by atoms with Crippen LogP contribution in [0.1, 0.15) is 33.1 Å². The number of rotatable bonds is 1. The highest BCUT2D eigenvalue weighted by molar-refractivity contribution is 9.10. The molecule has 1 saturated heterocycles. The van der Waals surface area contributed by atoms with E-state index in [-0.39, 0.29) is 5.43 Å².